The average molecular weight is 310 g/mol. The zero-order valence-electron chi connectivity index (χ0n) is 11.2. The molecule has 0 saturated heterocycles. The van der Waals surface area contributed by atoms with Crippen LogP contribution in [0.2, 0.25) is 10.0 Å². The van der Waals surface area contributed by atoms with Crippen LogP contribution in [-0.2, 0) is 0 Å². The normalized spacial score (nSPS) is 14.1. The quantitative estimate of drug-likeness (QED) is 0.894. The molecular weight excluding hydrogens is 293 g/mol. The third-order valence-electron chi connectivity index (χ3n) is 3.39. The summed E-state index contributed by atoms with van der Waals surface area (Å²) in [5.41, 5.74) is 8.63. The molecule has 4 heteroatoms. The topological polar surface area (TPSA) is 46.2 Å². The molecule has 0 heterocycles. The van der Waals surface area contributed by atoms with Gasteiger partial charge in [0.05, 0.1) is 6.10 Å². The van der Waals surface area contributed by atoms with Crippen LogP contribution in [0.15, 0.2) is 42.5 Å². The first kappa shape index (κ1) is 15.3. The summed E-state index contributed by atoms with van der Waals surface area (Å²) in [7, 11) is 0. The number of hydrogen-bond acceptors (Lipinski definition) is 2. The molecule has 2 nitrogen and oxygen atoms in total. The highest BCUT2D eigenvalue weighted by molar-refractivity contribution is 6.35. The van der Waals surface area contributed by atoms with Crippen molar-refractivity contribution in [2.24, 2.45) is 5.73 Å². The lowest BCUT2D eigenvalue weighted by molar-refractivity contribution is 0.147. The maximum atomic E-state index is 10.6. The molecule has 0 aliphatic rings. The Bertz CT molecular complexity index is 601. The minimum absolute atomic E-state index is 0.200. The van der Waals surface area contributed by atoms with Crippen LogP contribution >= 0.6 is 23.2 Å². The number of halogens is 2. The Morgan fingerprint density at radius 2 is 1.90 bits per heavy atom. The molecule has 20 heavy (non-hydrogen) atoms. The SMILES string of the molecule is Cc1cccc(C(CN)C(O)c2ccc(Cl)cc2Cl)c1. The largest absolute Gasteiger partial charge is 0.388 e. The molecule has 0 aliphatic carbocycles. The summed E-state index contributed by atoms with van der Waals surface area (Å²) < 4.78 is 0. The summed E-state index contributed by atoms with van der Waals surface area (Å²) in [4.78, 5) is 0. The number of benzene rings is 2. The summed E-state index contributed by atoms with van der Waals surface area (Å²) in [5.74, 6) is -0.200. The predicted molar refractivity (Wildman–Crippen MR) is 84.4 cm³/mol. The van der Waals surface area contributed by atoms with Crippen LogP contribution in [-0.4, -0.2) is 11.7 Å². The van der Waals surface area contributed by atoms with E-state index in [0.29, 0.717) is 22.2 Å². The second kappa shape index (κ2) is 6.59. The van der Waals surface area contributed by atoms with E-state index < -0.39 is 6.10 Å². The molecule has 0 saturated carbocycles. The molecule has 0 spiro atoms. The summed E-state index contributed by atoms with van der Waals surface area (Å²) in [6.45, 7) is 2.35. The van der Waals surface area contributed by atoms with Gasteiger partial charge in [0.25, 0.3) is 0 Å². The van der Waals surface area contributed by atoms with E-state index in [1.54, 1.807) is 18.2 Å². The van der Waals surface area contributed by atoms with Crippen molar-refractivity contribution in [2.75, 3.05) is 6.54 Å². The molecule has 2 atom stereocenters. The molecule has 2 unspecified atom stereocenters. The van der Waals surface area contributed by atoms with E-state index in [1.165, 1.54) is 0 Å². The van der Waals surface area contributed by atoms with Crippen LogP contribution in [0.1, 0.15) is 28.7 Å². The van der Waals surface area contributed by atoms with Gasteiger partial charge in [0.1, 0.15) is 0 Å². The Balaban J connectivity index is 2.36. The van der Waals surface area contributed by atoms with Crippen LogP contribution in [0, 0.1) is 6.92 Å². The fraction of sp³-hybridized carbons (Fsp3) is 0.250. The van der Waals surface area contributed by atoms with Gasteiger partial charge in [-0.25, -0.2) is 0 Å². The van der Waals surface area contributed by atoms with Gasteiger partial charge < -0.3 is 10.8 Å². The van der Waals surface area contributed by atoms with E-state index in [2.05, 4.69) is 0 Å². The highest BCUT2D eigenvalue weighted by Gasteiger charge is 2.23. The lowest BCUT2D eigenvalue weighted by atomic mass is 9.88. The van der Waals surface area contributed by atoms with Crippen molar-refractivity contribution >= 4 is 23.2 Å². The molecular formula is C16H17Cl2NO. The molecule has 2 rings (SSSR count). The van der Waals surface area contributed by atoms with Gasteiger partial charge in [0.15, 0.2) is 0 Å². The molecule has 0 fully saturated rings. The van der Waals surface area contributed by atoms with E-state index >= 15 is 0 Å². The van der Waals surface area contributed by atoms with Crippen LogP contribution in [0.25, 0.3) is 0 Å². The van der Waals surface area contributed by atoms with Crippen LogP contribution < -0.4 is 5.73 Å². The van der Waals surface area contributed by atoms with Crippen LogP contribution in [0.4, 0.5) is 0 Å². The number of aliphatic hydroxyl groups excluding tert-OH is 1. The fourth-order valence-electron chi connectivity index (χ4n) is 2.31. The predicted octanol–water partition coefficient (Wildman–Crippen LogP) is 4.08. The van der Waals surface area contributed by atoms with Crippen molar-refractivity contribution in [1.82, 2.24) is 0 Å². The average Bonchev–Trinajstić information content (AvgIpc) is 2.39. The molecule has 0 bridgehead atoms. The smallest absolute Gasteiger partial charge is 0.0885 e. The lowest BCUT2D eigenvalue weighted by Crippen LogP contribution is -2.20. The minimum Gasteiger partial charge on any atom is -0.388 e. The number of rotatable bonds is 4. The second-order valence-electron chi connectivity index (χ2n) is 4.87. The van der Waals surface area contributed by atoms with Gasteiger partial charge in [-0.15, -0.1) is 0 Å². The molecule has 2 aromatic rings. The summed E-state index contributed by atoms with van der Waals surface area (Å²) in [6.07, 6.45) is -0.758. The Kier molecular flexibility index (Phi) is 5.06. The first-order valence-electron chi connectivity index (χ1n) is 6.42. The van der Waals surface area contributed by atoms with Gasteiger partial charge in [0.2, 0.25) is 0 Å². The molecule has 0 aliphatic heterocycles. The molecule has 2 aromatic carbocycles. The Morgan fingerprint density at radius 1 is 1.15 bits per heavy atom. The van der Waals surface area contributed by atoms with Crippen molar-refractivity contribution in [3.8, 4) is 0 Å². The van der Waals surface area contributed by atoms with Crippen molar-refractivity contribution in [1.29, 1.82) is 0 Å². The van der Waals surface area contributed by atoms with Gasteiger partial charge in [-0.2, -0.15) is 0 Å². The van der Waals surface area contributed by atoms with E-state index in [9.17, 15) is 5.11 Å². The molecule has 106 valence electrons. The highest BCUT2D eigenvalue weighted by atomic mass is 35.5. The van der Waals surface area contributed by atoms with Gasteiger partial charge in [-0.05, 0) is 30.2 Å². The second-order valence-corrected chi connectivity index (χ2v) is 5.71. The first-order chi connectivity index (χ1) is 9.52. The van der Waals surface area contributed by atoms with E-state index in [0.717, 1.165) is 11.1 Å². The van der Waals surface area contributed by atoms with Crippen molar-refractivity contribution in [3.05, 3.63) is 69.2 Å². The molecule has 3 N–H and O–H groups in total. The maximum Gasteiger partial charge on any atom is 0.0885 e. The Hall–Kier alpha value is -1.06. The molecule has 0 aromatic heterocycles. The molecule has 0 radical (unpaired) electrons. The molecule has 0 amide bonds. The first-order valence-corrected chi connectivity index (χ1v) is 7.18. The Labute approximate surface area is 129 Å². The van der Waals surface area contributed by atoms with Crippen LogP contribution in [0.5, 0.6) is 0 Å². The van der Waals surface area contributed by atoms with Crippen molar-refractivity contribution < 1.29 is 5.11 Å². The monoisotopic (exact) mass is 309 g/mol. The number of aryl methyl sites for hydroxylation is 1. The van der Waals surface area contributed by atoms with Crippen LogP contribution in [0.3, 0.4) is 0 Å². The van der Waals surface area contributed by atoms with E-state index in [1.807, 2.05) is 31.2 Å². The maximum absolute atomic E-state index is 10.6. The minimum atomic E-state index is -0.758. The third kappa shape index (κ3) is 3.33. The van der Waals surface area contributed by atoms with Gasteiger partial charge in [-0.3, -0.25) is 0 Å². The zero-order chi connectivity index (χ0) is 14.7. The standard InChI is InChI=1S/C16H17Cl2NO/c1-10-3-2-4-11(7-10)14(9-19)16(20)13-6-5-12(17)8-15(13)18/h2-8,14,16,20H,9,19H2,1H3. The van der Waals surface area contributed by atoms with Crippen molar-refractivity contribution in [2.45, 2.75) is 18.9 Å². The summed E-state index contributed by atoms with van der Waals surface area (Å²) in [6, 6.07) is 13.1. The van der Waals surface area contributed by atoms with Gasteiger partial charge in [-0.1, -0.05) is 59.1 Å². The fourth-order valence-corrected chi connectivity index (χ4v) is 2.83. The Morgan fingerprint density at radius 3 is 2.50 bits per heavy atom. The number of hydrogen-bond donors (Lipinski definition) is 2. The van der Waals surface area contributed by atoms with E-state index in [-0.39, 0.29) is 5.92 Å². The third-order valence-corrected chi connectivity index (χ3v) is 3.95. The number of nitrogens with two attached hydrogens (primary N) is 1. The van der Waals surface area contributed by atoms with E-state index in [4.69, 9.17) is 28.9 Å². The highest BCUT2D eigenvalue weighted by Crippen LogP contribution is 2.35. The van der Waals surface area contributed by atoms with Gasteiger partial charge >= 0.3 is 0 Å². The lowest BCUT2D eigenvalue weighted by Gasteiger charge is -2.23. The summed E-state index contributed by atoms with van der Waals surface area (Å²) in [5, 5.41) is 11.6. The number of aliphatic hydroxyl groups is 1. The zero-order valence-corrected chi connectivity index (χ0v) is 12.7. The van der Waals surface area contributed by atoms with Crippen molar-refractivity contribution in [3.63, 3.8) is 0 Å². The summed E-state index contributed by atoms with van der Waals surface area (Å²) >= 11 is 12.0. The van der Waals surface area contributed by atoms with Gasteiger partial charge in [0, 0.05) is 22.5 Å².